The fraction of sp³-hybridized carbons (Fsp3) is 0.474. The molecular weight excluding hydrogens is 324 g/mol. The van der Waals surface area contributed by atoms with Crippen LogP contribution in [0.2, 0.25) is 0 Å². The van der Waals surface area contributed by atoms with Gasteiger partial charge in [-0.1, -0.05) is 0 Å². The van der Waals surface area contributed by atoms with Crippen LogP contribution in [0.1, 0.15) is 33.3 Å². The van der Waals surface area contributed by atoms with Crippen molar-refractivity contribution in [1.29, 1.82) is 0 Å². The van der Waals surface area contributed by atoms with Crippen LogP contribution in [0.4, 0.5) is 0 Å². The summed E-state index contributed by atoms with van der Waals surface area (Å²) >= 11 is 0. The number of hydrogen-bond donors (Lipinski definition) is 0. The monoisotopic (exact) mass is 344 g/mol. The highest BCUT2D eigenvalue weighted by molar-refractivity contribution is 5.83. The number of esters is 1. The number of benzene rings is 1. The van der Waals surface area contributed by atoms with Gasteiger partial charge in [0, 0.05) is 23.9 Å². The smallest absolute Gasteiger partial charge is 0.341 e. The van der Waals surface area contributed by atoms with Crippen molar-refractivity contribution in [1.82, 2.24) is 0 Å². The second-order valence-electron chi connectivity index (χ2n) is 7.42. The largest absolute Gasteiger partial charge is 0.484 e. The number of ether oxygens (including phenoxy) is 3. The molecule has 3 heterocycles. The zero-order valence-electron chi connectivity index (χ0n) is 14.6. The molecule has 1 saturated heterocycles. The standard InChI is InChI=1S/C19H20O6/c1-10-19(4,24-10)17(21)23-15-8-12-7-11-5-6-16(20)22-13(11)9-14(12)25-18(15,2)3/h5-7,9-10,15H,8H2,1-4H3/t10-,15-,19-/m0/s1. The predicted molar refractivity (Wildman–Crippen MR) is 89.7 cm³/mol. The van der Waals surface area contributed by atoms with Crippen molar-refractivity contribution in [3.63, 3.8) is 0 Å². The molecular formula is C19H20O6. The summed E-state index contributed by atoms with van der Waals surface area (Å²) in [6, 6.07) is 6.72. The van der Waals surface area contributed by atoms with Crippen molar-refractivity contribution in [2.24, 2.45) is 0 Å². The van der Waals surface area contributed by atoms with Crippen LogP contribution in [0.3, 0.4) is 0 Å². The number of epoxide rings is 1. The molecule has 0 N–H and O–H groups in total. The van der Waals surface area contributed by atoms with E-state index in [4.69, 9.17) is 18.6 Å². The van der Waals surface area contributed by atoms with Crippen molar-refractivity contribution >= 4 is 16.9 Å². The summed E-state index contributed by atoms with van der Waals surface area (Å²) in [6.07, 6.45) is -0.0474. The molecule has 1 aromatic heterocycles. The average molecular weight is 344 g/mol. The highest BCUT2D eigenvalue weighted by Crippen LogP contribution is 2.41. The van der Waals surface area contributed by atoms with Crippen LogP contribution in [0, 0.1) is 0 Å². The first-order valence-corrected chi connectivity index (χ1v) is 8.34. The number of hydrogen-bond acceptors (Lipinski definition) is 6. The van der Waals surface area contributed by atoms with Crippen molar-refractivity contribution < 1.29 is 23.4 Å². The van der Waals surface area contributed by atoms with Gasteiger partial charge < -0.3 is 18.6 Å². The highest BCUT2D eigenvalue weighted by Gasteiger charge is 2.58. The van der Waals surface area contributed by atoms with Crippen molar-refractivity contribution in [3.8, 4) is 5.75 Å². The summed E-state index contributed by atoms with van der Waals surface area (Å²) in [5.41, 5.74) is -0.581. The Morgan fingerprint density at radius 3 is 2.64 bits per heavy atom. The molecule has 2 aliphatic rings. The summed E-state index contributed by atoms with van der Waals surface area (Å²) in [7, 11) is 0. The van der Waals surface area contributed by atoms with E-state index in [0.29, 0.717) is 17.8 Å². The molecule has 0 radical (unpaired) electrons. The molecule has 0 spiro atoms. The first-order valence-electron chi connectivity index (χ1n) is 8.34. The van der Waals surface area contributed by atoms with Crippen LogP contribution in [0.25, 0.3) is 11.0 Å². The molecule has 0 amide bonds. The van der Waals surface area contributed by atoms with E-state index in [0.717, 1.165) is 10.9 Å². The number of rotatable bonds is 2. The van der Waals surface area contributed by atoms with Gasteiger partial charge in [0.05, 0.1) is 6.10 Å². The Morgan fingerprint density at radius 2 is 1.96 bits per heavy atom. The fourth-order valence-electron chi connectivity index (χ4n) is 3.17. The van der Waals surface area contributed by atoms with Gasteiger partial charge in [-0.2, -0.15) is 0 Å². The van der Waals surface area contributed by atoms with E-state index in [-0.39, 0.29) is 12.1 Å². The summed E-state index contributed by atoms with van der Waals surface area (Å²) in [5, 5.41) is 0.804. The Balaban J connectivity index is 1.66. The summed E-state index contributed by atoms with van der Waals surface area (Å²) in [6.45, 7) is 7.33. The lowest BCUT2D eigenvalue weighted by molar-refractivity contribution is -0.166. The molecule has 0 aliphatic carbocycles. The van der Waals surface area contributed by atoms with Crippen LogP contribution >= 0.6 is 0 Å². The Bertz CT molecular complexity index is 927. The van der Waals surface area contributed by atoms with Gasteiger partial charge >= 0.3 is 11.6 Å². The Kier molecular flexibility index (Phi) is 3.28. The van der Waals surface area contributed by atoms with Gasteiger partial charge in [-0.3, -0.25) is 0 Å². The van der Waals surface area contributed by atoms with Gasteiger partial charge in [0.2, 0.25) is 0 Å². The molecule has 4 rings (SSSR count). The lowest BCUT2D eigenvalue weighted by Crippen LogP contribution is -2.50. The lowest BCUT2D eigenvalue weighted by atomic mass is 9.90. The molecule has 6 nitrogen and oxygen atoms in total. The zero-order chi connectivity index (χ0) is 18.0. The first-order chi connectivity index (χ1) is 11.7. The molecule has 1 aromatic carbocycles. The third-order valence-electron chi connectivity index (χ3n) is 5.15. The molecule has 0 saturated carbocycles. The molecule has 0 bridgehead atoms. The quantitative estimate of drug-likeness (QED) is 0.473. The molecule has 0 unspecified atom stereocenters. The van der Waals surface area contributed by atoms with E-state index >= 15 is 0 Å². The Labute approximate surface area is 144 Å². The minimum atomic E-state index is -0.858. The summed E-state index contributed by atoms with van der Waals surface area (Å²) < 4.78 is 22.4. The van der Waals surface area contributed by atoms with Gasteiger partial charge in [-0.05, 0) is 45.4 Å². The maximum Gasteiger partial charge on any atom is 0.341 e. The van der Waals surface area contributed by atoms with E-state index in [1.165, 1.54) is 6.07 Å². The van der Waals surface area contributed by atoms with Gasteiger partial charge in [0.15, 0.2) is 5.60 Å². The Morgan fingerprint density at radius 1 is 1.24 bits per heavy atom. The van der Waals surface area contributed by atoms with E-state index < -0.39 is 22.9 Å². The normalized spacial score (nSPS) is 29.6. The van der Waals surface area contributed by atoms with E-state index in [9.17, 15) is 9.59 Å². The molecule has 132 valence electrons. The number of carbonyl (C=O) groups excluding carboxylic acids is 1. The van der Waals surface area contributed by atoms with Crippen molar-refractivity contribution in [2.75, 3.05) is 0 Å². The minimum Gasteiger partial charge on any atom is -0.484 e. The van der Waals surface area contributed by atoms with Crippen LogP contribution in [-0.4, -0.2) is 29.4 Å². The topological polar surface area (TPSA) is 78.3 Å². The summed E-state index contributed by atoms with van der Waals surface area (Å²) in [4.78, 5) is 23.8. The second-order valence-corrected chi connectivity index (χ2v) is 7.42. The number of carbonyl (C=O) groups is 1. The Hall–Kier alpha value is -2.34. The van der Waals surface area contributed by atoms with Crippen molar-refractivity contribution in [3.05, 3.63) is 40.2 Å². The van der Waals surface area contributed by atoms with Gasteiger partial charge in [0.1, 0.15) is 23.0 Å². The maximum absolute atomic E-state index is 12.4. The number of fused-ring (bicyclic) bond motifs is 2. The molecule has 6 heteroatoms. The van der Waals surface area contributed by atoms with Gasteiger partial charge in [-0.25, -0.2) is 9.59 Å². The highest BCUT2D eigenvalue weighted by atomic mass is 16.7. The predicted octanol–water partition coefficient (Wildman–Crippen LogP) is 2.60. The maximum atomic E-state index is 12.4. The van der Waals surface area contributed by atoms with E-state index in [2.05, 4.69) is 0 Å². The SMILES string of the molecule is C[C@@H]1O[C@]1(C)C(=O)O[C@H]1Cc2cc3ccc(=O)oc3cc2OC1(C)C. The van der Waals surface area contributed by atoms with Crippen LogP contribution < -0.4 is 10.4 Å². The molecule has 25 heavy (non-hydrogen) atoms. The third-order valence-corrected chi connectivity index (χ3v) is 5.15. The van der Waals surface area contributed by atoms with Crippen LogP contribution in [0.15, 0.2) is 33.5 Å². The van der Waals surface area contributed by atoms with Gasteiger partial charge in [-0.15, -0.1) is 0 Å². The minimum absolute atomic E-state index is 0.133. The van der Waals surface area contributed by atoms with Gasteiger partial charge in [0.25, 0.3) is 0 Å². The average Bonchev–Trinajstić information content (AvgIpc) is 3.14. The molecule has 2 aromatic rings. The summed E-state index contributed by atoms with van der Waals surface area (Å²) in [5.74, 6) is 0.276. The first kappa shape index (κ1) is 16.1. The fourth-order valence-corrected chi connectivity index (χ4v) is 3.17. The van der Waals surface area contributed by atoms with Crippen LogP contribution in [-0.2, 0) is 20.7 Å². The molecule has 1 fully saturated rings. The van der Waals surface area contributed by atoms with Crippen LogP contribution in [0.5, 0.6) is 5.75 Å². The molecule has 3 atom stereocenters. The lowest BCUT2D eigenvalue weighted by Gasteiger charge is -2.39. The zero-order valence-corrected chi connectivity index (χ0v) is 14.6. The van der Waals surface area contributed by atoms with E-state index in [1.807, 2.05) is 26.8 Å². The van der Waals surface area contributed by atoms with Crippen molar-refractivity contribution in [2.45, 2.75) is 57.5 Å². The molecule has 2 aliphatic heterocycles. The third kappa shape index (κ3) is 2.61. The van der Waals surface area contributed by atoms with E-state index in [1.54, 1.807) is 19.1 Å². The second kappa shape index (κ2) is 5.08.